The molecular formula is C54H66N6O8. The van der Waals surface area contributed by atoms with Crippen LogP contribution in [0.2, 0.25) is 0 Å². The van der Waals surface area contributed by atoms with Crippen molar-refractivity contribution in [2.75, 3.05) is 33.9 Å². The number of methoxy groups -OCH3 is 1. The summed E-state index contributed by atoms with van der Waals surface area (Å²) >= 11 is 0. The van der Waals surface area contributed by atoms with Gasteiger partial charge in [-0.1, -0.05) is 70.2 Å². The van der Waals surface area contributed by atoms with Gasteiger partial charge in [-0.3, -0.25) is 29.2 Å². The molecule has 0 radical (unpaired) electrons. The van der Waals surface area contributed by atoms with Crippen LogP contribution >= 0.6 is 0 Å². The molecule has 0 saturated carbocycles. The summed E-state index contributed by atoms with van der Waals surface area (Å²) in [4.78, 5) is 64.0. The van der Waals surface area contributed by atoms with Gasteiger partial charge in [-0.25, -0.2) is 5.43 Å². The Hall–Kier alpha value is -6.09. The molecular weight excluding hydrogens is 861 g/mol. The SMILES string of the molecule is CCn1c(-c2cccnc2[C@H](C)OC)c2c3cc(ccc31)-c1cc(O)cc(c1)C[C@H](NC(=O)[C@H](C(C)C)N(C)C(=O)[C@H]1OCCC1c1ccccc1)C(=O)N1CCC[C@H](N1)C(=O)OCC(C)(C)C2. The van der Waals surface area contributed by atoms with Crippen molar-refractivity contribution < 1.29 is 38.5 Å². The maximum atomic E-state index is 14.8. The molecule has 360 valence electrons. The van der Waals surface area contributed by atoms with Gasteiger partial charge < -0.3 is 34.1 Å². The number of aromatic hydroxyl groups is 1. The van der Waals surface area contributed by atoms with Crippen molar-refractivity contribution in [2.45, 2.75) is 116 Å². The van der Waals surface area contributed by atoms with Crippen LogP contribution in [0, 0.1) is 11.3 Å². The highest BCUT2D eigenvalue weighted by Crippen LogP contribution is 2.42. The van der Waals surface area contributed by atoms with Crippen molar-refractivity contribution >= 4 is 34.6 Å². The summed E-state index contributed by atoms with van der Waals surface area (Å²) in [6.45, 7) is 13.5. The minimum Gasteiger partial charge on any atom is -0.508 e. The van der Waals surface area contributed by atoms with Crippen molar-refractivity contribution in [3.8, 4) is 28.1 Å². The first kappa shape index (κ1) is 48.4. The van der Waals surface area contributed by atoms with Gasteiger partial charge in [0, 0.05) is 74.3 Å². The molecule has 3 aliphatic rings. The lowest BCUT2D eigenvalue weighted by molar-refractivity contribution is -0.155. The highest BCUT2D eigenvalue weighted by molar-refractivity contribution is 5.96. The monoisotopic (exact) mass is 926 g/mol. The quantitative estimate of drug-likeness (QED) is 0.120. The molecule has 5 aromatic rings. The number of phenolic OH excluding ortho intramolecular Hbond substituents is 1. The average molecular weight is 927 g/mol. The van der Waals surface area contributed by atoms with Crippen LogP contribution in [-0.4, -0.2) is 106 Å². The number of phenols is 1. The zero-order valence-electron chi connectivity index (χ0n) is 40.6. The van der Waals surface area contributed by atoms with E-state index in [-0.39, 0.29) is 49.2 Å². The zero-order valence-corrected chi connectivity index (χ0v) is 40.6. The Labute approximate surface area is 399 Å². The van der Waals surface area contributed by atoms with E-state index in [1.165, 1.54) is 9.91 Å². The molecule has 0 spiro atoms. The Balaban J connectivity index is 1.20. The second kappa shape index (κ2) is 20.2. The normalized spacial score (nSPS) is 21.8. The van der Waals surface area contributed by atoms with Crippen molar-refractivity contribution in [3.63, 3.8) is 0 Å². The van der Waals surface area contributed by atoms with Crippen LogP contribution in [-0.2, 0) is 52.8 Å². The van der Waals surface area contributed by atoms with Crippen LogP contribution in [0.5, 0.6) is 5.75 Å². The predicted molar refractivity (Wildman–Crippen MR) is 260 cm³/mol. The number of nitrogens with zero attached hydrogens (tertiary/aromatic N) is 4. The number of ether oxygens (including phenoxy) is 3. The first-order valence-corrected chi connectivity index (χ1v) is 24.0. The molecule has 3 aliphatic heterocycles. The summed E-state index contributed by atoms with van der Waals surface area (Å²) in [7, 11) is 3.29. The molecule has 68 heavy (non-hydrogen) atoms. The number of rotatable bonds is 10. The summed E-state index contributed by atoms with van der Waals surface area (Å²) in [6.07, 6.45) is 2.92. The zero-order chi connectivity index (χ0) is 48.4. The number of fused-ring (bicyclic) bond motifs is 6. The molecule has 8 rings (SSSR count). The summed E-state index contributed by atoms with van der Waals surface area (Å²) in [5, 5.41) is 16.8. The lowest BCUT2D eigenvalue weighted by atomic mass is 9.84. The number of cyclic esters (lactones) is 1. The largest absolute Gasteiger partial charge is 0.508 e. The van der Waals surface area contributed by atoms with Crippen molar-refractivity contribution in [3.05, 3.63) is 107 Å². The Morgan fingerprint density at radius 1 is 1.01 bits per heavy atom. The molecule has 5 heterocycles. The summed E-state index contributed by atoms with van der Waals surface area (Å²) in [6, 6.07) is 22.4. The molecule has 14 nitrogen and oxygen atoms in total. The van der Waals surface area contributed by atoms with Gasteiger partial charge in [-0.05, 0) is 110 Å². The number of pyridine rings is 1. The minimum atomic E-state index is -1.15. The fourth-order valence-electron chi connectivity index (χ4n) is 10.5. The Bertz CT molecular complexity index is 2660. The van der Waals surface area contributed by atoms with Crippen LogP contribution in [0.4, 0.5) is 0 Å². The van der Waals surface area contributed by atoms with E-state index in [4.69, 9.17) is 19.2 Å². The average Bonchev–Trinajstić information content (AvgIpc) is 3.94. The third kappa shape index (κ3) is 9.90. The first-order chi connectivity index (χ1) is 32.6. The minimum absolute atomic E-state index is 0.0000772. The van der Waals surface area contributed by atoms with Gasteiger partial charge in [-0.15, -0.1) is 0 Å². The Kier molecular flexibility index (Phi) is 14.4. The van der Waals surface area contributed by atoms with Crippen molar-refractivity contribution in [1.29, 1.82) is 0 Å². The lowest BCUT2D eigenvalue weighted by Crippen LogP contribution is -2.62. The molecule has 2 fully saturated rings. The van der Waals surface area contributed by atoms with Crippen molar-refractivity contribution in [1.82, 2.24) is 30.2 Å². The van der Waals surface area contributed by atoms with E-state index >= 15 is 0 Å². The molecule has 2 saturated heterocycles. The number of likely N-dealkylation sites (N-methyl/N-ethyl adjacent to an activating group) is 1. The number of nitrogens with one attached hydrogen (secondary N) is 2. The van der Waals surface area contributed by atoms with Gasteiger partial charge in [0.2, 0.25) is 5.91 Å². The standard InChI is InChI=1S/C54H66N6O8/c1-9-59-45-20-19-36-29-41(45)42(48(59)40-17-13-22-55-46(40)33(4)66-8)30-54(5,6)31-68-53(65)43-18-14-23-60(57-43)51(63)44(27-34-25-37(36)28-38(61)26-34)56-50(62)47(32(2)3)58(7)52(64)49-39(21-24-67-49)35-15-11-10-12-16-35/h10-13,15-17,19-20,22,25-26,28-29,32-33,39,43-44,47,49,57,61H,9,14,18,21,23-24,27,30-31H2,1-8H3,(H,56,62)/t33-,39?,43-,44-,47-,49-/m0/s1. The molecule has 6 bridgehead atoms. The number of hydrazine groups is 1. The van der Waals surface area contributed by atoms with E-state index in [1.54, 1.807) is 32.5 Å². The smallest absolute Gasteiger partial charge is 0.324 e. The Morgan fingerprint density at radius 2 is 1.79 bits per heavy atom. The topological polar surface area (TPSA) is 165 Å². The van der Waals surface area contributed by atoms with E-state index in [9.17, 15) is 24.3 Å². The highest BCUT2D eigenvalue weighted by Gasteiger charge is 2.42. The van der Waals surface area contributed by atoms with E-state index in [0.29, 0.717) is 44.4 Å². The number of carbonyl (C=O) groups is 4. The van der Waals surface area contributed by atoms with Crippen LogP contribution < -0.4 is 10.7 Å². The molecule has 0 aliphatic carbocycles. The van der Waals surface area contributed by atoms with E-state index in [1.807, 2.05) is 69.3 Å². The summed E-state index contributed by atoms with van der Waals surface area (Å²) in [5.41, 5.74) is 10.6. The summed E-state index contributed by atoms with van der Waals surface area (Å²) in [5.74, 6) is -2.26. The molecule has 6 atom stereocenters. The molecule has 3 amide bonds. The van der Waals surface area contributed by atoms with E-state index < -0.39 is 47.4 Å². The van der Waals surface area contributed by atoms with E-state index in [2.05, 4.69) is 54.3 Å². The van der Waals surface area contributed by atoms with Crippen molar-refractivity contribution in [2.24, 2.45) is 11.3 Å². The molecule has 3 aromatic carbocycles. The molecule has 14 heteroatoms. The first-order valence-electron chi connectivity index (χ1n) is 24.0. The second-order valence-electron chi connectivity index (χ2n) is 19.8. The lowest BCUT2D eigenvalue weighted by Gasteiger charge is -2.37. The fraction of sp³-hybridized carbons (Fsp3) is 0.463. The molecule has 3 N–H and O–H groups in total. The second-order valence-corrected chi connectivity index (χ2v) is 19.8. The fourth-order valence-corrected chi connectivity index (χ4v) is 10.5. The number of hydrogen-bond acceptors (Lipinski definition) is 10. The number of aromatic nitrogens is 2. The maximum absolute atomic E-state index is 14.8. The number of carbonyl (C=O) groups excluding carboxylic acids is 4. The number of esters is 1. The number of benzene rings is 3. The molecule has 1 unspecified atom stereocenters. The molecule has 2 aromatic heterocycles. The third-order valence-electron chi connectivity index (χ3n) is 13.9. The van der Waals surface area contributed by atoms with Gasteiger partial charge in [-0.2, -0.15) is 0 Å². The van der Waals surface area contributed by atoms with Crippen LogP contribution in [0.3, 0.4) is 0 Å². The van der Waals surface area contributed by atoms with Gasteiger partial charge in [0.15, 0.2) is 0 Å². The van der Waals surface area contributed by atoms with Gasteiger partial charge in [0.1, 0.15) is 30.0 Å². The van der Waals surface area contributed by atoms with Crippen LogP contribution in [0.15, 0.2) is 85.1 Å². The number of hydrogen-bond donors (Lipinski definition) is 3. The Morgan fingerprint density at radius 3 is 2.53 bits per heavy atom. The predicted octanol–water partition coefficient (Wildman–Crippen LogP) is 7.51. The number of amides is 3. The number of aryl methyl sites for hydroxylation is 1. The third-order valence-corrected chi connectivity index (χ3v) is 13.9. The van der Waals surface area contributed by atoms with Crippen LogP contribution in [0.25, 0.3) is 33.3 Å². The van der Waals surface area contributed by atoms with E-state index in [0.717, 1.165) is 50.1 Å². The van der Waals surface area contributed by atoms with Crippen LogP contribution in [0.1, 0.15) is 95.2 Å². The maximum Gasteiger partial charge on any atom is 0.324 e. The highest BCUT2D eigenvalue weighted by atomic mass is 16.5. The van der Waals surface area contributed by atoms with Gasteiger partial charge in [0.05, 0.1) is 24.1 Å². The van der Waals surface area contributed by atoms with Gasteiger partial charge >= 0.3 is 5.97 Å². The van der Waals surface area contributed by atoms with Gasteiger partial charge in [0.25, 0.3) is 11.8 Å². The summed E-state index contributed by atoms with van der Waals surface area (Å²) < 4.78 is 20.3.